The number of halogens is 2. The first kappa shape index (κ1) is 6.47. The van der Waals surface area contributed by atoms with E-state index in [9.17, 15) is 0 Å². The third-order valence-electron chi connectivity index (χ3n) is 1.13. The van der Waals surface area contributed by atoms with Gasteiger partial charge in [0.25, 0.3) is 0 Å². The molecule has 54 valence electrons. The molecule has 0 bridgehead atoms. The summed E-state index contributed by atoms with van der Waals surface area (Å²) in [6, 6.07) is 3.44. The van der Waals surface area contributed by atoms with Crippen LogP contribution in [0.5, 0.6) is 0 Å². The number of nitrogens with two attached hydrogens (primary N) is 1. The van der Waals surface area contributed by atoms with Gasteiger partial charge in [-0.2, -0.15) is 0 Å². The number of hydrogen-bond acceptors (Lipinski definition) is 1. The van der Waals surface area contributed by atoms with Gasteiger partial charge in [0.15, 0.2) is 0 Å². The van der Waals surface area contributed by atoms with E-state index in [0.29, 0.717) is 28.2 Å². The molecule has 10 heavy (non-hydrogen) atoms. The zero-order valence-electron chi connectivity index (χ0n) is 6.20. The lowest BCUT2D eigenvalue weighted by molar-refractivity contribution is 1.07. The monoisotopic (exact) mass is 176 g/mol. The first-order valence-electron chi connectivity index (χ1n) is 3.29. The van der Waals surface area contributed by atoms with E-state index < -0.39 is 0 Å². The van der Waals surface area contributed by atoms with Crippen molar-refractivity contribution < 1.29 is 1.37 Å². The van der Waals surface area contributed by atoms with E-state index in [4.69, 9.17) is 30.3 Å². The highest BCUT2D eigenvalue weighted by Crippen LogP contribution is 2.21. The van der Waals surface area contributed by atoms with Crippen molar-refractivity contribution in [1.82, 2.24) is 0 Å². The molecule has 0 aromatic heterocycles. The van der Waals surface area contributed by atoms with E-state index in [0.717, 1.165) is 0 Å². The van der Waals surface area contributed by atoms with Gasteiger partial charge in [-0.3, -0.25) is 0 Å². The normalized spacial score (nSPS) is 11.3. The van der Waals surface area contributed by atoms with Crippen LogP contribution < -0.4 is 5.73 Å². The van der Waals surface area contributed by atoms with Gasteiger partial charge in [0.05, 0.1) is 11.4 Å². The highest BCUT2D eigenvalue weighted by molar-refractivity contribution is 6.41. The second-order valence-electron chi connectivity index (χ2n) is 1.86. The van der Waals surface area contributed by atoms with E-state index in [1.165, 1.54) is 6.07 Å². The highest BCUT2D eigenvalue weighted by Gasteiger charge is 1.96. The predicted octanol–water partition coefficient (Wildman–Crippen LogP) is 2.45. The van der Waals surface area contributed by atoms with Crippen molar-refractivity contribution in [3.05, 3.63) is 33.8 Å². The molecular formula is C7H7Cl2N. The maximum absolute atomic E-state index is 7.39. The van der Waals surface area contributed by atoms with Gasteiger partial charge >= 0.3 is 0 Å². The first-order valence-corrected chi connectivity index (χ1v) is 3.55. The van der Waals surface area contributed by atoms with Crippen LogP contribution in [0.3, 0.4) is 0 Å². The predicted molar refractivity (Wildman–Crippen MR) is 44.4 cm³/mol. The molecule has 2 N–H and O–H groups in total. The van der Waals surface area contributed by atoms with Gasteiger partial charge in [-0.05, 0) is 17.7 Å². The van der Waals surface area contributed by atoms with Crippen LogP contribution in [-0.4, -0.2) is 0 Å². The zero-order chi connectivity index (χ0) is 8.43. The standard InChI is InChI=1S/C7H7Cl2N/c8-6-2-1-5(4-10)3-7(6)9/h1-3H,4,10H2/i1D. The molecule has 0 heterocycles. The van der Waals surface area contributed by atoms with Crippen LogP contribution in [-0.2, 0) is 6.54 Å². The molecule has 0 amide bonds. The second-order valence-corrected chi connectivity index (χ2v) is 2.67. The van der Waals surface area contributed by atoms with E-state index in [1.54, 1.807) is 6.07 Å². The summed E-state index contributed by atoms with van der Waals surface area (Å²) in [6.45, 7) is 0.315. The van der Waals surface area contributed by atoms with Gasteiger partial charge < -0.3 is 5.73 Å². The van der Waals surface area contributed by atoms with Crippen LogP contribution in [0.2, 0.25) is 10.0 Å². The molecule has 3 heteroatoms. The first-order chi connectivity index (χ1) is 5.15. The van der Waals surface area contributed by atoms with Gasteiger partial charge in [-0.1, -0.05) is 29.2 Å². The molecule has 0 radical (unpaired) electrons. The molecule has 1 aromatic rings. The molecule has 1 rings (SSSR count). The third kappa shape index (κ3) is 1.63. The fourth-order valence-corrected chi connectivity index (χ4v) is 0.902. The lowest BCUT2D eigenvalue weighted by Crippen LogP contribution is -1.95. The molecule has 0 aliphatic carbocycles. The Bertz CT molecular complexity index is 275. The third-order valence-corrected chi connectivity index (χ3v) is 1.86. The Labute approximate surface area is 71.1 Å². The van der Waals surface area contributed by atoms with Crippen LogP contribution in [0.4, 0.5) is 0 Å². The number of hydrogen-bond donors (Lipinski definition) is 1. The second kappa shape index (κ2) is 3.24. The summed E-state index contributed by atoms with van der Waals surface area (Å²) < 4.78 is 7.39. The summed E-state index contributed by atoms with van der Waals surface area (Å²) in [7, 11) is 0. The van der Waals surface area contributed by atoms with Crippen LogP contribution in [0.1, 0.15) is 6.93 Å². The molecule has 0 saturated heterocycles. The fraction of sp³-hybridized carbons (Fsp3) is 0.143. The van der Waals surface area contributed by atoms with E-state index in [1.807, 2.05) is 0 Å². The van der Waals surface area contributed by atoms with Crippen molar-refractivity contribution in [1.29, 1.82) is 0 Å². The van der Waals surface area contributed by atoms with E-state index in [-0.39, 0.29) is 0 Å². The molecule has 0 atom stereocenters. The van der Waals surface area contributed by atoms with E-state index in [2.05, 4.69) is 0 Å². The van der Waals surface area contributed by atoms with Crippen molar-refractivity contribution in [3.63, 3.8) is 0 Å². The summed E-state index contributed by atoms with van der Waals surface area (Å²) in [6.07, 6.45) is 0. The molecule has 0 saturated carbocycles. The van der Waals surface area contributed by atoms with Crippen LogP contribution in [0.25, 0.3) is 0 Å². The average Bonchev–Trinajstić information content (AvgIpc) is 1.97. The Morgan fingerprint density at radius 3 is 2.80 bits per heavy atom. The molecule has 0 aliphatic heterocycles. The molecule has 0 aliphatic rings. The summed E-state index contributed by atoms with van der Waals surface area (Å²) in [5.74, 6) is 0. The SMILES string of the molecule is [2H]c1cc(Cl)c(Cl)cc1CN. The van der Waals surface area contributed by atoms with E-state index >= 15 is 0 Å². The minimum Gasteiger partial charge on any atom is -0.326 e. The molecule has 0 spiro atoms. The largest absolute Gasteiger partial charge is 0.326 e. The molecule has 0 fully saturated rings. The molecular weight excluding hydrogens is 169 g/mol. The smallest absolute Gasteiger partial charge is 0.0627 e. The van der Waals surface area contributed by atoms with Gasteiger partial charge in [0.2, 0.25) is 0 Å². The maximum atomic E-state index is 7.39. The Hall–Kier alpha value is -0.240. The summed E-state index contributed by atoms with van der Waals surface area (Å²) in [4.78, 5) is 0. The molecule has 1 aromatic carbocycles. The zero-order valence-corrected chi connectivity index (χ0v) is 6.71. The van der Waals surface area contributed by atoms with Crippen molar-refractivity contribution >= 4 is 23.2 Å². The Morgan fingerprint density at radius 2 is 2.20 bits per heavy atom. The Kier molecular flexibility index (Phi) is 2.10. The van der Waals surface area contributed by atoms with Crippen molar-refractivity contribution in [2.45, 2.75) is 6.54 Å². The van der Waals surface area contributed by atoms with Gasteiger partial charge in [0, 0.05) is 6.54 Å². The number of benzene rings is 1. The topological polar surface area (TPSA) is 26.0 Å². The maximum Gasteiger partial charge on any atom is 0.0627 e. The van der Waals surface area contributed by atoms with Gasteiger partial charge in [0.1, 0.15) is 0 Å². The number of rotatable bonds is 1. The highest BCUT2D eigenvalue weighted by atomic mass is 35.5. The van der Waals surface area contributed by atoms with Crippen molar-refractivity contribution in [2.24, 2.45) is 5.73 Å². The molecule has 0 unspecified atom stereocenters. The summed E-state index contributed by atoms with van der Waals surface area (Å²) in [5.41, 5.74) is 6.06. The summed E-state index contributed by atoms with van der Waals surface area (Å²) >= 11 is 11.3. The van der Waals surface area contributed by atoms with Crippen molar-refractivity contribution in [2.75, 3.05) is 0 Å². The van der Waals surface area contributed by atoms with Crippen molar-refractivity contribution in [3.8, 4) is 0 Å². The lowest BCUT2D eigenvalue weighted by Gasteiger charge is -1.97. The molecule has 1 nitrogen and oxygen atoms in total. The van der Waals surface area contributed by atoms with Gasteiger partial charge in [-0.25, -0.2) is 0 Å². The Morgan fingerprint density at radius 1 is 1.50 bits per heavy atom. The minimum absolute atomic E-state index is 0.315. The van der Waals surface area contributed by atoms with Crippen LogP contribution >= 0.6 is 23.2 Å². The lowest BCUT2D eigenvalue weighted by atomic mass is 10.2. The van der Waals surface area contributed by atoms with Crippen LogP contribution in [0.15, 0.2) is 18.2 Å². The average molecular weight is 177 g/mol. The minimum atomic E-state index is 0.315. The quantitative estimate of drug-likeness (QED) is 0.700. The van der Waals surface area contributed by atoms with Crippen LogP contribution in [0, 0.1) is 0 Å². The fourth-order valence-electron chi connectivity index (χ4n) is 0.606. The van der Waals surface area contributed by atoms with Gasteiger partial charge in [-0.15, -0.1) is 0 Å². The summed E-state index contributed by atoms with van der Waals surface area (Å²) in [5, 5.41) is 0.844. The Balaban J connectivity index is 3.21.